The lowest BCUT2D eigenvalue weighted by molar-refractivity contribution is 0.394. The highest BCUT2D eigenvalue weighted by Crippen LogP contribution is 2.39. The molecule has 6 heteroatoms. The Balaban J connectivity index is 1.55. The third kappa shape index (κ3) is 3.62. The van der Waals surface area contributed by atoms with E-state index in [0.29, 0.717) is 18.3 Å². The molecular formula is C19H26N2O4. The van der Waals surface area contributed by atoms with Crippen LogP contribution in [-0.2, 0) is 44.6 Å². The smallest absolute Gasteiger partial charge is 0.0851 e. The topological polar surface area (TPSA) is 102 Å². The third-order valence-corrected chi connectivity index (χ3v) is 5.65. The van der Waals surface area contributed by atoms with Gasteiger partial charge in [0.25, 0.3) is 0 Å². The molecule has 4 saturated heterocycles. The quantitative estimate of drug-likeness (QED) is 0.511. The summed E-state index contributed by atoms with van der Waals surface area (Å²) in [5, 5.41) is 0. The molecule has 0 bridgehead atoms. The number of ether oxygens (including phenoxy) is 4. The van der Waals surface area contributed by atoms with E-state index in [4.69, 9.17) is 30.4 Å². The summed E-state index contributed by atoms with van der Waals surface area (Å²) in [7, 11) is 0. The summed E-state index contributed by atoms with van der Waals surface area (Å²) < 4.78 is 21.9. The largest absolute Gasteiger partial charge is 0.397 e. The highest BCUT2D eigenvalue weighted by molar-refractivity contribution is 5.76. The molecule has 1 aromatic carbocycles. The summed E-state index contributed by atoms with van der Waals surface area (Å²) in [6, 6.07) is 0. The van der Waals surface area contributed by atoms with Crippen LogP contribution in [0.3, 0.4) is 0 Å². The lowest BCUT2D eigenvalue weighted by atomic mass is 9.84. The van der Waals surface area contributed by atoms with Gasteiger partial charge < -0.3 is 30.4 Å². The Morgan fingerprint density at radius 3 is 1.48 bits per heavy atom. The number of anilines is 2. The molecule has 5 rings (SSSR count). The highest BCUT2D eigenvalue weighted by atomic mass is 16.6. The Morgan fingerprint density at radius 2 is 1.00 bits per heavy atom. The molecule has 0 aliphatic carbocycles. The molecule has 4 atom stereocenters. The van der Waals surface area contributed by atoms with Crippen LogP contribution in [0.4, 0.5) is 11.4 Å². The number of nitrogens with two attached hydrogens (primary N) is 2. The predicted octanol–water partition coefficient (Wildman–Crippen LogP) is 1.01. The Bertz CT molecular complexity index is 677. The fraction of sp³-hybridized carbons (Fsp3) is 0.684. The first kappa shape index (κ1) is 15.9. The van der Waals surface area contributed by atoms with Crippen molar-refractivity contribution < 1.29 is 18.9 Å². The average Bonchev–Trinajstić information content (AvgIpc) is 3.46. The summed E-state index contributed by atoms with van der Waals surface area (Å²) in [4.78, 5) is 0. The number of nitrogen functional groups attached to an aromatic ring is 2. The molecule has 4 unspecified atom stereocenters. The van der Waals surface area contributed by atoms with Gasteiger partial charge in [-0.1, -0.05) is 0 Å². The summed E-state index contributed by atoms with van der Waals surface area (Å²) in [6.45, 7) is 3.38. The Morgan fingerprint density at radius 1 is 0.600 bits per heavy atom. The minimum absolute atomic E-state index is 0.288. The Hall–Kier alpha value is -1.34. The molecule has 0 aromatic heterocycles. The zero-order chi connectivity index (χ0) is 17.0. The van der Waals surface area contributed by atoms with Crippen molar-refractivity contribution in [2.75, 3.05) is 37.9 Å². The van der Waals surface area contributed by atoms with E-state index in [2.05, 4.69) is 0 Å². The minimum atomic E-state index is 0.288. The maximum absolute atomic E-state index is 6.52. The van der Waals surface area contributed by atoms with Crippen LogP contribution in [0.1, 0.15) is 28.7 Å². The second-order valence-electron chi connectivity index (χ2n) is 7.71. The normalized spacial score (nSPS) is 31.8. The summed E-state index contributed by atoms with van der Waals surface area (Å²) in [6.07, 6.45) is 5.93. The van der Waals surface area contributed by atoms with E-state index in [-0.39, 0.29) is 6.10 Å². The van der Waals surface area contributed by atoms with Crippen LogP contribution < -0.4 is 11.5 Å². The molecule has 0 saturated carbocycles. The van der Waals surface area contributed by atoms with E-state index >= 15 is 0 Å². The van der Waals surface area contributed by atoms with Crippen LogP contribution in [0.5, 0.6) is 0 Å². The molecule has 0 amide bonds. The number of hydrogen-bond donors (Lipinski definition) is 2. The molecule has 0 spiro atoms. The maximum atomic E-state index is 6.52. The fourth-order valence-corrected chi connectivity index (χ4v) is 3.81. The zero-order valence-electron chi connectivity index (χ0n) is 14.5. The van der Waals surface area contributed by atoms with E-state index in [1.165, 1.54) is 22.3 Å². The number of epoxide rings is 4. The molecule has 4 heterocycles. The van der Waals surface area contributed by atoms with E-state index in [0.717, 1.165) is 69.9 Å². The minimum Gasteiger partial charge on any atom is -0.397 e. The molecule has 25 heavy (non-hydrogen) atoms. The van der Waals surface area contributed by atoms with Crippen LogP contribution in [0, 0.1) is 0 Å². The zero-order valence-corrected chi connectivity index (χ0v) is 14.5. The highest BCUT2D eigenvalue weighted by Gasteiger charge is 2.34. The van der Waals surface area contributed by atoms with Gasteiger partial charge in [0, 0.05) is 19.3 Å². The molecule has 4 N–H and O–H groups in total. The summed E-state index contributed by atoms with van der Waals surface area (Å²) >= 11 is 0. The van der Waals surface area contributed by atoms with Gasteiger partial charge in [0.05, 0.1) is 62.2 Å². The molecular weight excluding hydrogens is 320 g/mol. The lowest BCUT2D eigenvalue weighted by Gasteiger charge is -2.23. The molecule has 4 aliphatic heterocycles. The van der Waals surface area contributed by atoms with Crippen molar-refractivity contribution in [2.45, 2.75) is 56.5 Å². The fourth-order valence-electron chi connectivity index (χ4n) is 3.81. The maximum Gasteiger partial charge on any atom is 0.0851 e. The second kappa shape index (κ2) is 6.13. The number of rotatable bonds is 9. The van der Waals surface area contributed by atoms with E-state index in [9.17, 15) is 0 Å². The molecule has 4 fully saturated rings. The average molecular weight is 346 g/mol. The van der Waals surface area contributed by atoms with Gasteiger partial charge in [-0.3, -0.25) is 0 Å². The van der Waals surface area contributed by atoms with Crippen molar-refractivity contribution in [1.82, 2.24) is 0 Å². The molecule has 136 valence electrons. The summed E-state index contributed by atoms with van der Waals surface area (Å²) in [5.74, 6) is 0. The van der Waals surface area contributed by atoms with Gasteiger partial charge in [-0.05, 0) is 35.1 Å². The van der Waals surface area contributed by atoms with Crippen molar-refractivity contribution >= 4 is 11.4 Å². The molecule has 6 nitrogen and oxygen atoms in total. The lowest BCUT2D eigenvalue weighted by Crippen LogP contribution is -2.17. The van der Waals surface area contributed by atoms with Gasteiger partial charge in [0.15, 0.2) is 0 Å². The van der Waals surface area contributed by atoms with Crippen LogP contribution in [0.25, 0.3) is 0 Å². The number of benzene rings is 1. The first-order valence-corrected chi connectivity index (χ1v) is 9.36. The van der Waals surface area contributed by atoms with Gasteiger partial charge in [-0.15, -0.1) is 0 Å². The van der Waals surface area contributed by atoms with Gasteiger partial charge in [0.2, 0.25) is 0 Å². The Labute approximate surface area is 147 Å². The van der Waals surface area contributed by atoms with Crippen molar-refractivity contribution in [1.29, 1.82) is 0 Å². The van der Waals surface area contributed by atoms with Gasteiger partial charge >= 0.3 is 0 Å². The first-order valence-electron chi connectivity index (χ1n) is 9.36. The summed E-state index contributed by atoms with van der Waals surface area (Å²) in [5.41, 5.74) is 19.6. The van der Waals surface area contributed by atoms with Crippen LogP contribution in [-0.4, -0.2) is 50.8 Å². The van der Waals surface area contributed by atoms with Crippen LogP contribution in [0.15, 0.2) is 0 Å². The first-order chi connectivity index (χ1) is 12.2. The second-order valence-corrected chi connectivity index (χ2v) is 7.71. The van der Waals surface area contributed by atoms with Crippen molar-refractivity contribution in [3.8, 4) is 0 Å². The monoisotopic (exact) mass is 346 g/mol. The van der Waals surface area contributed by atoms with Crippen molar-refractivity contribution in [2.24, 2.45) is 0 Å². The van der Waals surface area contributed by atoms with Gasteiger partial charge in [0.1, 0.15) is 0 Å². The van der Waals surface area contributed by atoms with Gasteiger partial charge in [-0.25, -0.2) is 0 Å². The third-order valence-electron chi connectivity index (χ3n) is 5.65. The number of hydrogen-bond acceptors (Lipinski definition) is 6. The van der Waals surface area contributed by atoms with Crippen molar-refractivity contribution in [3.63, 3.8) is 0 Å². The standard InChI is InChI=1S/C19H26N2O4/c20-18-14(2-1-10-6-22-10)15(3-11-7-23-11)16(4-12-8-24-12)17(19(18)21)5-13-9-25-13/h10-13H,1-9,20-21H2. The van der Waals surface area contributed by atoms with Crippen LogP contribution in [0.2, 0.25) is 0 Å². The molecule has 0 radical (unpaired) electrons. The Kier molecular flexibility index (Phi) is 3.89. The van der Waals surface area contributed by atoms with E-state index in [1.54, 1.807) is 0 Å². The van der Waals surface area contributed by atoms with Crippen molar-refractivity contribution in [3.05, 3.63) is 22.3 Å². The molecule has 1 aromatic rings. The van der Waals surface area contributed by atoms with E-state index < -0.39 is 0 Å². The molecule has 4 aliphatic rings. The van der Waals surface area contributed by atoms with Gasteiger partial charge in [-0.2, -0.15) is 0 Å². The predicted molar refractivity (Wildman–Crippen MR) is 93.7 cm³/mol. The van der Waals surface area contributed by atoms with E-state index in [1.807, 2.05) is 0 Å². The van der Waals surface area contributed by atoms with Crippen LogP contribution >= 0.6 is 0 Å². The SMILES string of the molecule is Nc1c(N)c(CC2CO2)c(CC2CO2)c(CC2CO2)c1CCC1CO1.